The number of pyridine rings is 1. The molecule has 0 unspecified atom stereocenters. The van der Waals surface area contributed by atoms with E-state index in [1.807, 2.05) is 0 Å². The Bertz CT molecular complexity index is 2560. The van der Waals surface area contributed by atoms with Crippen molar-refractivity contribution in [3.63, 3.8) is 0 Å². The van der Waals surface area contributed by atoms with Crippen molar-refractivity contribution in [3.8, 4) is 78.1 Å². The lowest BCUT2D eigenvalue weighted by molar-refractivity contribution is 1.14. The van der Waals surface area contributed by atoms with Crippen molar-refractivity contribution in [2.75, 3.05) is 0 Å². The van der Waals surface area contributed by atoms with Crippen molar-refractivity contribution in [1.82, 2.24) is 4.98 Å². The van der Waals surface area contributed by atoms with Gasteiger partial charge in [-0.3, -0.25) is 0 Å². The molecule has 52 heavy (non-hydrogen) atoms. The zero-order valence-corrected chi connectivity index (χ0v) is 29.2. The lowest BCUT2D eigenvalue weighted by Crippen LogP contribution is -1.96. The fourth-order valence-electron chi connectivity index (χ4n) is 8.68. The van der Waals surface area contributed by atoms with E-state index in [-0.39, 0.29) is 0 Å². The molecule has 2 aliphatic carbocycles. The first-order valence-corrected chi connectivity index (χ1v) is 18.4. The summed E-state index contributed by atoms with van der Waals surface area (Å²) in [6, 6.07) is 62.1. The number of benzene rings is 7. The van der Waals surface area contributed by atoms with Gasteiger partial charge in [-0.15, -0.1) is 0 Å². The number of aromatic nitrogens is 1. The minimum Gasteiger partial charge on any atom is -0.248 e. The van der Waals surface area contributed by atoms with Crippen molar-refractivity contribution in [3.05, 3.63) is 198 Å². The van der Waals surface area contributed by atoms with E-state index < -0.39 is 0 Å². The Balaban J connectivity index is 1.13. The third-order valence-corrected chi connectivity index (χ3v) is 11.1. The van der Waals surface area contributed by atoms with Crippen LogP contribution in [0.4, 0.5) is 0 Å². The quantitative estimate of drug-likeness (QED) is 0.173. The zero-order valence-electron chi connectivity index (χ0n) is 29.2. The molecule has 8 aromatic rings. The standard InChI is InChI=1S/C51H37N/c1-2-33-22-27-40-28-42-30-44(51-43-21-13-12-20-39(43)29-45(51)49(42)50(40)48(33)38-18-10-5-11-19-38)35-25-23-34(24-26-35)41-31-46(36-14-6-3-7-15-36)52-47(32-41)37-16-8-4-9-17-37/h3-27,30-32H,2,28-29H2,1H3. The summed E-state index contributed by atoms with van der Waals surface area (Å²) in [6.07, 6.45) is 2.94. The highest BCUT2D eigenvalue weighted by Gasteiger charge is 2.33. The summed E-state index contributed by atoms with van der Waals surface area (Å²) in [6.45, 7) is 2.29. The number of rotatable bonds is 6. The van der Waals surface area contributed by atoms with E-state index >= 15 is 0 Å². The van der Waals surface area contributed by atoms with Crippen LogP contribution in [0.15, 0.2) is 170 Å². The van der Waals surface area contributed by atoms with Crippen molar-refractivity contribution in [1.29, 1.82) is 0 Å². The number of fused-ring (bicyclic) bond motifs is 7. The monoisotopic (exact) mass is 663 g/mol. The van der Waals surface area contributed by atoms with Gasteiger partial charge in [-0.25, -0.2) is 4.98 Å². The van der Waals surface area contributed by atoms with Crippen molar-refractivity contribution < 1.29 is 0 Å². The number of hydrogen-bond donors (Lipinski definition) is 0. The molecule has 0 atom stereocenters. The average Bonchev–Trinajstić information content (AvgIpc) is 3.80. The second-order valence-corrected chi connectivity index (χ2v) is 14.1. The van der Waals surface area contributed by atoms with Gasteiger partial charge in [0, 0.05) is 11.1 Å². The normalized spacial score (nSPS) is 12.2. The summed E-state index contributed by atoms with van der Waals surface area (Å²) >= 11 is 0. The fourth-order valence-corrected chi connectivity index (χ4v) is 8.68. The molecule has 7 aromatic carbocycles. The summed E-state index contributed by atoms with van der Waals surface area (Å²) in [4.78, 5) is 5.11. The summed E-state index contributed by atoms with van der Waals surface area (Å²) in [5.74, 6) is 0. The molecule has 0 fully saturated rings. The van der Waals surface area contributed by atoms with E-state index in [0.29, 0.717) is 0 Å². The van der Waals surface area contributed by atoms with Gasteiger partial charge >= 0.3 is 0 Å². The van der Waals surface area contributed by atoms with Gasteiger partial charge in [0.2, 0.25) is 0 Å². The molecule has 0 spiro atoms. The van der Waals surface area contributed by atoms with Crippen LogP contribution in [0.1, 0.15) is 34.7 Å². The van der Waals surface area contributed by atoms with E-state index in [1.54, 1.807) is 0 Å². The van der Waals surface area contributed by atoms with Gasteiger partial charge in [0.05, 0.1) is 11.4 Å². The van der Waals surface area contributed by atoms with Crippen molar-refractivity contribution in [2.45, 2.75) is 26.2 Å². The highest BCUT2D eigenvalue weighted by molar-refractivity contribution is 6.02. The van der Waals surface area contributed by atoms with E-state index in [1.165, 1.54) is 83.5 Å². The maximum atomic E-state index is 5.11. The van der Waals surface area contributed by atoms with Gasteiger partial charge in [-0.2, -0.15) is 0 Å². The van der Waals surface area contributed by atoms with Crippen LogP contribution in [0, 0.1) is 0 Å². The molecule has 1 aromatic heterocycles. The minimum atomic E-state index is 0.963. The van der Waals surface area contributed by atoms with Gasteiger partial charge in [0.15, 0.2) is 0 Å². The molecule has 0 radical (unpaired) electrons. The second kappa shape index (κ2) is 12.5. The third kappa shape index (κ3) is 5.04. The average molecular weight is 664 g/mol. The van der Waals surface area contributed by atoms with Crippen molar-refractivity contribution >= 4 is 0 Å². The van der Waals surface area contributed by atoms with Crippen LogP contribution in [0.5, 0.6) is 0 Å². The van der Waals surface area contributed by atoms with E-state index in [9.17, 15) is 0 Å². The molecule has 10 rings (SSSR count). The number of aryl methyl sites for hydroxylation is 1. The Kier molecular flexibility index (Phi) is 7.32. The molecule has 0 saturated carbocycles. The second-order valence-electron chi connectivity index (χ2n) is 14.1. The van der Waals surface area contributed by atoms with Gasteiger partial charge in [0.1, 0.15) is 0 Å². The minimum absolute atomic E-state index is 0.963. The molecule has 0 bridgehead atoms. The summed E-state index contributed by atoms with van der Waals surface area (Å²) < 4.78 is 0. The molecule has 246 valence electrons. The van der Waals surface area contributed by atoms with Crippen LogP contribution >= 0.6 is 0 Å². The molecule has 1 heteroatoms. The van der Waals surface area contributed by atoms with Crippen LogP contribution in [0.25, 0.3) is 78.1 Å². The Hall–Kier alpha value is -6.31. The Morgan fingerprint density at radius 1 is 0.385 bits per heavy atom. The zero-order chi connectivity index (χ0) is 34.6. The Morgan fingerprint density at radius 2 is 0.981 bits per heavy atom. The lowest BCUT2D eigenvalue weighted by atomic mass is 9.84. The molecule has 2 aliphatic rings. The summed E-state index contributed by atoms with van der Waals surface area (Å²) in [5, 5.41) is 0. The fraction of sp³-hybridized carbons (Fsp3) is 0.0784. The maximum Gasteiger partial charge on any atom is 0.0715 e. The molecule has 0 amide bonds. The maximum absolute atomic E-state index is 5.11. The van der Waals surface area contributed by atoms with Crippen molar-refractivity contribution in [2.24, 2.45) is 0 Å². The Morgan fingerprint density at radius 3 is 1.63 bits per heavy atom. The number of hydrogen-bond acceptors (Lipinski definition) is 1. The molecule has 1 heterocycles. The van der Waals surface area contributed by atoms with E-state index in [4.69, 9.17) is 4.98 Å². The third-order valence-electron chi connectivity index (χ3n) is 11.1. The van der Waals surface area contributed by atoms with Gasteiger partial charge in [0.25, 0.3) is 0 Å². The molecule has 0 N–H and O–H groups in total. The van der Waals surface area contributed by atoms with Crippen LogP contribution in [0.3, 0.4) is 0 Å². The molecule has 0 aliphatic heterocycles. The van der Waals surface area contributed by atoms with E-state index in [2.05, 4.69) is 177 Å². The van der Waals surface area contributed by atoms with Crippen LogP contribution in [-0.4, -0.2) is 4.98 Å². The first-order valence-electron chi connectivity index (χ1n) is 18.4. The van der Waals surface area contributed by atoms with Crippen LogP contribution < -0.4 is 0 Å². The summed E-state index contributed by atoms with van der Waals surface area (Å²) in [5.41, 5.74) is 24.8. The first-order chi connectivity index (χ1) is 25.7. The predicted molar refractivity (Wildman–Crippen MR) is 217 cm³/mol. The predicted octanol–water partition coefficient (Wildman–Crippen LogP) is 13.1. The van der Waals surface area contributed by atoms with Gasteiger partial charge in [-0.1, -0.05) is 159 Å². The van der Waals surface area contributed by atoms with Gasteiger partial charge < -0.3 is 0 Å². The molecule has 1 nitrogen and oxygen atoms in total. The van der Waals surface area contributed by atoms with Crippen LogP contribution in [0.2, 0.25) is 0 Å². The SMILES string of the molecule is CCc1ccc2c(c1-c1ccccc1)-c1c(cc(-c3ccc(-c4cc(-c5ccccc5)nc(-c5ccccc5)c4)cc3)c3c1Cc1ccccc1-3)C2. The lowest BCUT2D eigenvalue weighted by Gasteiger charge is -2.19. The highest BCUT2D eigenvalue weighted by Crippen LogP contribution is 2.54. The number of nitrogens with zero attached hydrogens (tertiary/aromatic N) is 1. The van der Waals surface area contributed by atoms with Crippen LogP contribution in [-0.2, 0) is 19.3 Å². The molecule has 0 saturated heterocycles. The van der Waals surface area contributed by atoms with Gasteiger partial charge in [-0.05, 0) is 121 Å². The molecular weight excluding hydrogens is 627 g/mol. The smallest absolute Gasteiger partial charge is 0.0715 e. The Labute approximate surface area is 305 Å². The highest BCUT2D eigenvalue weighted by atomic mass is 14.7. The van der Waals surface area contributed by atoms with E-state index in [0.717, 1.165) is 41.8 Å². The summed E-state index contributed by atoms with van der Waals surface area (Å²) in [7, 11) is 0. The largest absolute Gasteiger partial charge is 0.248 e. The topological polar surface area (TPSA) is 12.9 Å². The molecular formula is C51H37N. The first kappa shape index (κ1) is 30.5.